The number of hydrogen-bond donors (Lipinski definition) is 0. The highest BCUT2D eigenvalue weighted by molar-refractivity contribution is 6.09. The molecule has 166 valence electrons. The Balaban J connectivity index is 1.32. The van der Waals surface area contributed by atoms with Crippen molar-refractivity contribution in [1.29, 1.82) is 5.26 Å². The maximum Gasteiger partial charge on any atom is 0.143 e. The molecule has 0 unspecified atom stereocenters. The van der Waals surface area contributed by atoms with Crippen LogP contribution in [0.3, 0.4) is 0 Å². The van der Waals surface area contributed by atoms with E-state index in [1.165, 1.54) is 5.56 Å². The molecule has 0 radical (unpaired) electrons. The lowest BCUT2D eigenvalue weighted by molar-refractivity contribution is 0.146. The lowest BCUT2D eigenvalue weighted by atomic mass is 9.83. The Hall–Kier alpha value is -4.03. The van der Waals surface area contributed by atoms with Gasteiger partial charge in [-0.2, -0.15) is 5.26 Å². The Morgan fingerprint density at radius 2 is 1.59 bits per heavy atom. The van der Waals surface area contributed by atoms with E-state index in [1.54, 1.807) is 6.07 Å². The summed E-state index contributed by atoms with van der Waals surface area (Å²) < 4.78 is 21.5. The van der Waals surface area contributed by atoms with Crippen molar-refractivity contribution in [2.24, 2.45) is 0 Å². The maximum absolute atomic E-state index is 9.74. The van der Waals surface area contributed by atoms with Crippen LogP contribution in [0.2, 0.25) is 0 Å². The van der Waals surface area contributed by atoms with Gasteiger partial charge in [0.2, 0.25) is 0 Å². The maximum atomic E-state index is 9.74. The van der Waals surface area contributed by atoms with Crippen molar-refractivity contribution in [2.75, 3.05) is 0 Å². The molecule has 0 saturated heterocycles. The quantitative estimate of drug-likeness (QED) is 0.280. The SMILES string of the molecule is [2H]C1(Oc2cc(-c3cccc4c3oc3ccccc34)ccc2C#N)CCC(c2ccccc2)CC1. The number of hydrogen-bond acceptors (Lipinski definition) is 3. The second-order valence-electron chi connectivity index (χ2n) is 8.93. The first-order chi connectivity index (χ1) is 17.1. The van der Waals surface area contributed by atoms with Gasteiger partial charge in [-0.15, -0.1) is 0 Å². The van der Waals surface area contributed by atoms with Gasteiger partial charge < -0.3 is 9.15 Å². The highest BCUT2D eigenvalue weighted by Gasteiger charge is 2.24. The fourth-order valence-corrected chi connectivity index (χ4v) is 5.10. The molecule has 1 saturated carbocycles. The third kappa shape index (κ3) is 3.72. The van der Waals surface area contributed by atoms with E-state index < -0.39 is 6.08 Å². The average Bonchev–Trinajstić information content (AvgIpc) is 3.28. The van der Waals surface area contributed by atoms with E-state index in [4.69, 9.17) is 10.5 Å². The number of nitrogens with zero attached hydrogens (tertiary/aromatic N) is 1. The zero-order chi connectivity index (χ0) is 23.8. The molecule has 0 aliphatic heterocycles. The Morgan fingerprint density at radius 1 is 0.824 bits per heavy atom. The minimum atomic E-state index is -1.04. The van der Waals surface area contributed by atoms with Gasteiger partial charge in [0.05, 0.1) is 13.0 Å². The zero-order valence-corrected chi connectivity index (χ0v) is 18.8. The van der Waals surface area contributed by atoms with E-state index >= 15 is 0 Å². The standard InChI is InChI=1S/C31H25NO2/c32-20-24-14-13-23(26-10-6-11-28-27-9-4-5-12-29(27)34-31(26)28)19-30(24)33-25-17-15-22(16-18-25)21-7-2-1-3-8-21/h1-14,19,22,25H,15-18H2/i25D. The second kappa shape index (κ2) is 8.72. The molecule has 1 aromatic heterocycles. The van der Waals surface area contributed by atoms with Crippen LogP contribution in [-0.4, -0.2) is 6.08 Å². The number of furan rings is 1. The fourth-order valence-electron chi connectivity index (χ4n) is 5.10. The third-order valence-corrected chi connectivity index (χ3v) is 6.89. The predicted molar refractivity (Wildman–Crippen MR) is 136 cm³/mol. The van der Waals surface area contributed by atoms with Crippen LogP contribution >= 0.6 is 0 Å². The number of rotatable bonds is 4. The fraction of sp³-hybridized carbons (Fsp3) is 0.194. The average molecular weight is 445 g/mol. The number of benzene rings is 4. The van der Waals surface area contributed by atoms with Gasteiger partial charge >= 0.3 is 0 Å². The molecule has 1 fully saturated rings. The topological polar surface area (TPSA) is 46.2 Å². The van der Waals surface area contributed by atoms with Gasteiger partial charge in [0.25, 0.3) is 0 Å². The van der Waals surface area contributed by atoms with E-state index in [0.717, 1.165) is 45.9 Å². The van der Waals surface area contributed by atoms with Crippen molar-refractivity contribution in [2.45, 2.75) is 37.7 Å². The molecule has 34 heavy (non-hydrogen) atoms. The Kier molecular flexibility index (Phi) is 4.99. The predicted octanol–water partition coefficient (Wildman–Crippen LogP) is 8.23. The van der Waals surface area contributed by atoms with Gasteiger partial charge in [-0.3, -0.25) is 0 Å². The summed E-state index contributed by atoms with van der Waals surface area (Å²) in [6, 6.07) is 32.5. The van der Waals surface area contributed by atoms with E-state index in [2.05, 4.69) is 42.5 Å². The highest BCUT2D eigenvalue weighted by Crippen LogP contribution is 2.39. The van der Waals surface area contributed by atoms with Crippen LogP contribution in [0.5, 0.6) is 5.75 Å². The Labute approximate surface area is 200 Å². The van der Waals surface area contributed by atoms with Crippen molar-refractivity contribution in [1.82, 2.24) is 0 Å². The van der Waals surface area contributed by atoms with Crippen LogP contribution in [-0.2, 0) is 0 Å². The first-order valence-electron chi connectivity index (χ1n) is 12.3. The van der Waals surface area contributed by atoms with E-state index in [0.29, 0.717) is 30.1 Å². The molecule has 5 aromatic rings. The zero-order valence-electron chi connectivity index (χ0n) is 19.8. The van der Waals surface area contributed by atoms with Crippen LogP contribution in [0.25, 0.3) is 33.1 Å². The first-order valence-corrected chi connectivity index (χ1v) is 11.8. The van der Waals surface area contributed by atoms with Gasteiger partial charge in [-0.05, 0) is 60.9 Å². The van der Waals surface area contributed by atoms with Crippen molar-refractivity contribution in [3.63, 3.8) is 0 Å². The van der Waals surface area contributed by atoms with E-state index in [-0.39, 0.29) is 0 Å². The van der Waals surface area contributed by atoms with Gasteiger partial charge in [-0.1, -0.05) is 72.8 Å². The third-order valence-electron chi connectivity index (χ3n) is 6.89. The number of para-hydroxylation sites is 2. The summed E-state index contributed by atoms with van der Waals surface area (Å²) in [5.74, 6) is 0.914. The Morgan fingerprint density at radius 3 is 2.41 bits per heavy atom. The molecule has 1 heterocycles. The molecule has 0 N–H and O–H groups in total. The first kappa shape index (κ1) is 19.4. The largest absolute Gasteiger partial charge is 0.489 e. The van der Waals surface area contributed by atoms with Gasteiger partial charge in [0.1, 0.15) is 23.0 Å². The summed E-state index contributed by atoms with van der Waals surface area (Å²) in [6.07, 6.45) is 2.00. The molecule has 4 aromatic carbocycles. The second-order valence-corrected chi connectivity index (χ2v) is 8.93. The van der Waals surface area contributed by atoms with E-state index in [9.17, 15) is 5.26 Å². The van der Waals surface area contributed by atoms with Crippen LogP contribution in [0.1, 0.15) is 44.1 Å². The lowest BCUT2D eigenvalue weighted by Gasteiger charge is -2.29. The summed E-state index contributed by atoms with van der Waals surface area (Å²) >= 11 is 0. The molecular weight excluding hydrogens is 418 g/mol. The van der Waals surface area contributed by atoms with Crippen LogP contribution in [0, 0.1) is 11.3 Å². The molecule has 3 heteroatoms. The number of nitriles is 1. The minimum Gasteiger partial charge on any atom is -0.489 e. The molecule has 1 aliphatic carbocycles. The van der Waals surface area contributed by atoms with E-state index in [1.807, 2.05) is 48.5 Å². The molecule has 1 aliphatic rings. The Bertz CT molecular complexity index is 1560. The summed E-state index contributed by atoms with van der Waals surface area (Å²) in [4.78, 5) is 0. The highest BCUT2D eigenvalue weighted by atomic mass is 16.5. The van der Waals surface area contributed by atoms with Gasteiger partial charge in [0.15, 0.2) is 0 Å². The number of fused-ring (bicyclic) bond motifs is 3. The van der Waals surface area contributed by atoms with Crippen molar-refractivity contribution >= 4 is 21.9 Å². The summed E-state index contributed by atoms with van der Waals surface area (Å²) in [6.45, 7) is 0. The normalized spacial score (nSPS) is 20.7. The van der Waals surface area contributed by atoms with Crippen LogP contribution in [0.15, 0.2) is 95.4 Å². The van der Waals surface area contributed by atoms with Gasteiger partial charge in [0, 0.05) is 16.3 Å². The molecule has 0 bridgehead atoms. The molecule has 0 atom stereocenters. The molecule has 0 spiro atoms. The lowest BCUT2D eigenvalue weighted by Crippen LogP contribution is -2.23. The van der Waals surface area contributed by atoms with Crippen LogP contribution < -0.4 is 4.74 Å². The molecule has 6 rings (SSSR count). The van der Waals surface area contributed by atoms with Crippen LogP contribution in [0.4, 0.5) is 0 Å². The monoisotopic (exact) mass is 444 g/mol. The van der Waals surface area contributed by atoms with Crippen molar-refractivity contribution in [3.8, 4) is 22.9 Å². The summed E-state index contributed by atoms with van der Waals surface area (Å²) in [5, 5.41) is 11.9. The van der Waals surface area contributed by atoms with Gasteiger partial charge in [-0.25, -0.2) is 0 Å². The number of ether oxygens (including phenoxy) is 1. The molecule has 0 amide bonds. The molecular formula is C31H25NO2. The molecule has 3 nitrogen and oxygen atoms in total. The van der Waals surface area contributed by atoms with Crippen molar-refractivity contribution < 1.29 is 10.5 Å². The summed E-state index contributed by atoms with van der Waals surface area (Å²) in [7, 11) is 0. The smallest absolute Gasteiger partial charge is 0.143 e. The minimum absolute atomic E-state index is 0.447. The summed E-state index contributed by atoms with van der Waals surface area (Å²) in [5.41, 5.74) is 5.29. The van der Waals surface area contributed by atoms with Crippen molar-refractivity contribution in [3.05, 3.63) is 102 Å².